The third-order valence-electron chi connectivity index (χ3n) is 3.72. The number of hydrazine groups is 1. The van der Waals surface area contributed by atoms with Crippen LogP contribution in [0.5, 0.6) is 0 Å². The van der Waals surface area contributed by atoms with E-state index < -0.39 is 11.9 Å². The third kappa shape index (κ3) is 5.16. The summed E-state index contributed by atoms with van der Waals surface area (Å²) in [6.45, 7) is 9.22. The van der Waals surface area contributed by atoms with Crippen molar-refractivity contribution in [3.8, 4) is 6.07 Å². The van der Waals surface area contributed by atoms with Crippen molar-refractivity contribution in [3.63, 3.8) is 0 Å². The normalized spacial score (nSPS) is 11.1. The van der Waals surface area contributed by atoms with Gasteiger partial charge >= 0.3 is 6.03 Å². The highest BCUT2D eigenvalue weighted by Gasteiger charge is 2.13. The molecule has 0 bridgehead atoms. The van der Waals surface area contributed by atoms with Gasteiger partial charge in [-0.15, -0.1) is 0 Å². The average molecular weight is 331 g/mol. The minimum Gasteiger partial charge on any atom is -0.349 e. The zero-order chi connectivity index (χ0) is 18.3. The lowest BCUT2D eigenvalue weighted by Gasteiger charge is -2.11. The van der Waals surface area contributed by atoms with Crippen molar-refractivity contribution >= 4 is 18.0 Å². The Morgan fingerprint density at radius 1 is 1.33 bits per heavy atom. The summed E-state index contributed by atoms with van der Waals surface area (Å²) in [4.78, 5) is 23.0. The monoisotopic (exact) mass is 331 g/mol. The summed E-state index contributed by atoms with van der Waals surface area (Å²) in [6.07, 6.45) is 2.59. The molecule has 0 radical (unpaired) electrons. The van der Waals surface area contributed by atoms with Crippen molar-refractivity contribution in [3.05, 3.63) is 28.6 Å². The zero-order valence-corrected chi connectivity index (χ0v) is 14.9. The fraction of sp³-hybridized carbons (Fsp3) is 0.471. The number of carbonyl (C=O) groups excluding carboxylic acids is 2. The van der Waals surface area contributed by atoms with E-state index in [2.05, 4.69) is 34.6 Å². The molecule has 0 saturated carbocycles. The molecule has 1 aromatic heterocycles. The highest BCUT2D eigenvalue weighted by molar-refractivity contribution is 6.02. The molecule has 3 N–H and O–H groups in total. The number of amides is 3. The van der Waals surface area contributed by atoms with Crippen molar-refractivity contribution in [2.75, 3.05) is 7.05 Å². The van der Waals surface area contributed by atoms with Gasteiger partial charge in [0.1, 0.15) is 11.6 Å². The van der Waals surface area contributed by atoms with E-state index in [0.717, 1.165) is 29.9 Å². The minimum absolute atomic E-state index is 0.0736. The number of hydrogen-bond acceptors (Lipinski definition) is 3. The van der Waals surface area contributed by atoms with Crippen LogP contribution in [0.15, 0.2) is 11.6 Å². The highest BCUT2D eigenvalue weighted by atomic mass is 16.2. The van der Waals surface area contributed by atoms with Crippen LogP contribution in [0.3, 0.4) is 0 Å². The molecule has 0 aliphatic rings. The summed E-state index contributed by atoms with van der Waals surface area (Å²) < 4.78 is 2.18. The van der Waals surface area contributed by atoms with Gasteiger partial charge in [-0.3, -0.25) is 10.2 Å². The van der Waals surface area contributed by atoms with Gasteiger partial charge in [-0.1, -0.05) is 13.8 Å². The predicted molar refractivity (Wildman–Crippen MR) is 92.7 cm³/mol. The number of rotatable bonds is 5. The number of nitriles is 1. The maximum atomic E-state index is 12.0. The first-order chi connectivity index (χ1) is 11.3. The van der Waals surface area contributed by atoms with Crippen molar-refractivity contribution < 1.29 is 9.59 Å². The van der Waals surface area contributed by atoms with E-state index in [-0.39, 0.29) is 5.57 Å². The Kier molecular flexibility index (Phi) is 7.05. The average Bonchev–Trinajstić information content (AvgIpc) is 2.81. The minimum atomic E-state index is -0.659. The van der Waals surface area contributed by atoms with Crippen molar-refractivity contribution in [2.24, 2.45) is 5.92 Å². The fourth-order valence-electron chi connectivity index (χ4n) is 2.25. The lowest BCUT2D eigenvalue weighted by Crippen LogP contribution is -2.46. The number of nitrogens with zero attached hydrogens (tertiary/aromatic N) is 2. The number of carbonyl (C=O) groups is 2. The van der Waals surface area contributed by atoms with Crippen LogP contribution in [-0.4, -0.2) is 23.6 Å². The molecule has 0 aromatic carbocycles. The van der Waals surface area contributed by atoms with Crippen LogP contribution in [0.1, 0.15) is 37.2 Å². The lowest BCUT2D eigenvalue weighted by molar-refractivity contribution is -0.117. The van der Waals surface area contributed by atoms with Gasteiger partial charge in [0, 0.05) is 25.0 Å². The van der Waals surface area contributed by atoms with Crippen molar-refractivity contribution in [2.45, 2.75) is 40.7 Å². The first kappa shape index (κ1) is 19.3. The predicted octanol–water partition coefficient (Wildman–Crippen LogP) is 2.02. The smallest absolute Gasteiger partial charge is 0.333 e. The van der Waals surface area contributed by atoms with Gasteiger partial charge in [0.25, 0.3) is 5.91 Å². The van der Waals surface area contributed by atoms with E-state index in [0.29, 0.717) is 5.92 Å². The van der Waals surface area contributed by atoms with Gasteiger partial charge in [0.2, 0.25) is 0 Å². The third-order valence-corrected chi connectivity index (χ3v) is 3.72. The standard InChI is InChI=1S/C17H25N5O2/c1-11(2)6-7-22-12(3)8-14(13(22)4)9-15(10-18)16(23)20-21-17(24)19-5/h8-9,11H,6-7H2,1-5H3,(H,20,23)(H2,19,21,24)/b15-9-. The maximum Gasteiger partial charge on any atom is 0.333 e. The second kappa shape index (κ2) is 8.77. The molecule has 7 heteroatoms. The molecule has 1 heterocycles. The van der Waals surface area contributed by atoms with E-state index in [9.17, 15) is 14.9 Å². The van der Waals surface area contributed by atoms with E-state index in [1.165, 1.54) is 13.1 Å². The Morgan fingerprint density at radius 2 is 2.00 bits per heavy atom. The van der Waals surface area contributed by atoms with Gasteiger partial charge in [-0.25, -0.2) is 10.2 Å². The molecule has 0 aliphatic heterocycles. The van der Waals surface area contributed by atoms with Gasteiger partial charge < -0.3 is 9.88 Å². The van der Waals surface area contributed by atoms with E-state index in [1.54, 1.807) is 0 Å². The molecular weight excluding hydrogens is 306 g/mol. The Balaban J connectivity index is 2.97. The van der Waals surface area contributed by atoms with Crippen LogP contribution in [0.4, 0.5) is 4.79 Å². The summed E-state index contributed by atoms with van der Waals surface area (Å²) >= 11 is 0. The zero-order valence-electron chi connectivity index (χ0n) is 14.9. The molecule has 0 saturated heterocycles. The van der Waals surface area contributed by atoms with Crippen molar-refractivity contribution in [1.29, 1.82) is 5.26 Å². The Bertz CT molecular complexity index is 680. The van der Waals surface area contributed by atoms with E-state index in [1.807, 2.05) is 26.0 Å². The molecule has 0 unspecified atom stereocenters. The lowest BCUT2D eigenvalue weighted by atomic mass is 10.1. The second-order valence-corrected chi connectivity index (χ2v) is 5.99. The number of urea groups is 1. The van der Waals surface area contributed by atoms with Gasteiger partial charge in [0.05, 0.1) is 0 Å². The summed E-state index contributed by atoms with van der Waals surface area (Å²) in [6, 6.07) is 3.25. The Morgan fingerprint density at radius 3 is 2.54 bits per heavy atom. The van der Waals surface area contributed by atoms with E-state index >= 15 is 0 Å². The summed E-state index contributed by atoms with van der Waals surface area (Å²) in [7, 11) is 1.43. The molecular formula is C17H25N5O2. The van der Waals surface area contributed by atoms with Crippen LogP contribution in [0.2, 0.25) is 0 Å². The molecule has 7 nitrogen and oxygen atoms in total. The van der Waals surface area contributed by atoms with Crippen LogP contribution >= 0.6 is 0 Å². The van der Waals surface area contributed by atoms with Gasteiger partial charge in [0.15, 0.2) is 0 Å². The number of nitrogens with one attached hydrogen (secondary N) is 3. The van der Waals surface area contributed by atoms with Gasteiger partial charge in [-0.2, -0.15) is 5.26 Å². The Labute approximate surface area is 142 Å². The first-order valence-electron chi connectivity index (χ1n) is 7.86. The summed E-state index contributed by atoms with van der Waals surface area (Å²) in [5, 5.41) is 11.5. The summed E-state index contributed by atoms with van der Waals surface area (Å²) in [5.74, 6) is -0.0606. The van der Waals surface area contributed by atoms with Gasteiger partial charge in [-0.05, 0) is 43.9 Å². The number of aromatic nitrogens is 1. The molecule has 0 spiro atoms. The van der Waals surface area contributed by atoms with Crippen LogP contribution < -0.4 is 16.2 Å². The van der Waals surface area contributed by atoms with Crippen molar-refractivity contribution in [1.82, 2.24) is 20.7 Å². The molecule has 1 rings (SSSR count). The second-order valence-electron chi connectivity index (χ2n) is 5.99. The largest absolute Gasteiger partial charge is 0.349 e. The van der Waals surface area contributed by atoms with Crippen LogP contribution in [-0.2, 0) is 11.3 Å². The molecule has 130 valence electrons. The van der Waals surface area contributed by atoms with Crippen LogP contribution in [0, 0.1) is 31.1 Å². The SMILES string of the molecule is CNC(=O)NNC(=O)/C(C#N)=C\c1cc(C)n(CCC(C)C)c1C. The number of aryl methyl sites for hydroxylation is 1. The van der Waals surface area contributed by atoms with Crippen LogP contribution in [0.25, 0.3) is 6.08 Å². The maximum absolute atomic E-state index is 12.0. The summed E-state index contributed by atoms with van der Waals surface area (Å²) in [5.41, 5.74) is 7.18. The quantitative estimate of drug-likeness (QED) is 0.437. The Hall–Kier alpha value is -2.75. The molecule has 0 atom stereocenters. The highest BCUT2D eigenvalue weighted by Crippen LogP contribution is 2.19. The topological polar surface area (TPSA) is 99.0 Å². The number of hydrogen-bond donors (Lipinski definition) is 3. The van der Waals surface area contributed by atoms with E-state index in [4.69, 9.17) is 0 Å². The molecule has 24 heavy (non-hydrogen) atoms. The molecule has 1 aromatic rings. The molecule has 0 aliphatic carbocycles. The fourth-order valence-corrected chi connectivity index (χ4v) is 2.25. The molecule has 3 amide bonds. The molecule has 0 fully saturated rings. The first-order valence-corrected chi connectivity index (χ1v) is 7.86.